The van der Waals surface area contributed by atoms with Gasteiger partial charge in [0, 0.05) is 4.47 Å². The van der Waals surface area contributed by atoms with Gasteiger partial charge < -0.3 is 23.7 Å². The van der Waals surface area contributed by atoms with Crippen molar-refractivity contribution in [2.24, 2.45) is 4.99 Å². The first-order valence-electron chi connectivity index (χ1n) is 13.7. The van der Waals surface area contributed by atoms with Crippen molar-refractivity contribution < 1.29 is 28.5 Å². The van der Waals surface area contributed by atoms with Crippen LogP contribution in [0.2, 0.25) is 0 Å². The fourth-order valence-corrected chi connectivity index (χ4v) is 6.53. The van der Waals surface area contributed by atoms with Crippen LogP contribution < -0.4 is 33.8 Å². The van der Waals surface area contributed by atoms with E-state index in [0.717, 1.165) is 11.1 Å². The average molecular weight is 680 g/mol. The van der Waals surface area contributed by atoms with Gasteiger partial charge in [0.1, 0.15) is 6.61 Å². The van der Waals surface area contributed by atoms with E-state index in [0.29, 0.717) is 54.7 Å². The lowest BCUT2D eigenvalue weighted by molar-refractivity contribution is -0.139. The summed E-state index contributed by atoms with van der Waals surface area (Å²) < 4.78 is 30.6. The zero-order valence-corrected chi connectivity index (χ0v) is 27.3. The maximum atomic E-state index is 14.1. The van der Waals surface area contributed by atoms with Gasteiger partial charge in [-0.3, -0.25) is 9.36 Å². The van der Waals surface area contributed by atoms with Crippen molar-refractivity contribution in [3.8, 4) is 23.0 Å². The lowest BCUT2D eigenvalue weighted by Gasteiger charge is -2.26. The Balaban J connectivity index is 1.61. The zero-order valence-electron chi connectivity index (χ0n) is 24.9. The molecule has 0 bridgehead atoms. The van der Waals surface area contributed by atoms with Gasteiger partial charge in [0.2, 0.25) is 0 Å². The van der Waals surface area contributed by atoms with Gasteiger partial charge in [-0.15, -0.1) is 0 Å². The molecular weight excluding hydrogens is 648 g/mol. The summed E-state index contributed by atoms with van der Waals surface area (Å²) in [4.78, 5) is 32.5. The highest BCUT2D eigenvalue weighted by atomic mass is 79.9. The van der Waals surface area contributed by atoms with Crippen LogP contribution >= 0.6 is 27.3 Å². The Bertz CT molecular complexity index is 1910. The molecule has 0 saturated carbocycles. The number of allylic oxidation sites excluding steroid dienone is 1. The normalized spacial score (nSPS) is 14.5. The number of benzene rings is 3. The van der Waals surface area contributed by atoms with Crippen molar-refractivity contribution in [2.75, 3.05) is 27.9 Å². The molecule has 0 N–H and O–H groups in total. The molecule has 3 aromatic carbocycles. The molecular formula is C33H31BrN2O7S. The van der Waals surface area contributed by atoms with Crippen LogP contribution in [0.3, 0.4) is 0 Å². The van der Waals surface area contributed by atoms with Crippen molar-refractivity contribution in [1.82, 2.24) is 4.57 Å². The third-order valence-corrected chi connectivity index (χ3v) is 8.71. The van der Waals surface area contributed by atoms with Crippen molar-refractivity contribution in [3.63, 3.8) is 0 Å². The fourth-order valence-electron chi connectivity index (χ4n) is 4.95. The molecule has 1 aliphatic heterocycles. The zero-order chi connectivity index (χ0) is 31.4. The Morgan fingerprint density at radius 1 is 0.977 bits per heavy atom. The third kappa shape index (κ3) is 6.15. The van der Waals surface area contributed by atoms with Crippen LogP contribution in [-0.4, -0.2) is 38.5 Å². The van der Waals surface area contributed by atoms with Gasteiger partial charge >= 0.3 is 5.97 Å². The number of aromatic nitrogens is 1. The molecule has 0 spiro atoms. The summed E-state index contributed by atoms with van der Waals surface area (Å²) in [5, 5.41) is 0. The number of nitrogens with zero attached hydrogens (tertiary/aromatic N) is 2. The fraction of sp³-hybridized carbons (Fsp3) is 0.242. The van der Waals surface area contributed by atoms with E-state index >= 15 is 0 Å². The van der Waals surface area contributed by atoms with E-state index in [2.05, 4.69) is 20.9 Å². The highest BCUT2D eigenvalue weighted by Gasteiger charge is 2.35. The predicted octanol–water partition coefficient (Wildman–Crippen LogP) is 5.17. The SMILES string of the molecule is CCOC(=O)C1=C(C)N=c2s/c(=C\c3ccc(OCc4ccccc4)c(OC)c3)c(=O)n2C1c1cc(OC)c(OC)cc1Br. The molecule has 11 heteroatoms. The number of fused-ring (bicyclic) bond motifs is 1. The van der Waals surface area contributed by atoms with Crippen LogP contribution in [0.1, 0.15) is 36.6 Å². The van der Waals surface area contributed by atoms with Gasteiger partial charge in [-0.2, -0.15) is 0 Å². The number of carbonyl (C=O) groups is 1. The number of methoxy groups -OCH3 is 3. The van der Waals surface area contributed by atoms with Crippen LogP contribution in [-0.2, 0) is 16.1 Å². The van der Waals surface area contributed by atoms with Crippen molar-refractivity contribution in [3.05, 3.63) is 113 Å². The first kappa shape index (κ1) is 31.1. The summed E-state index contributed by atoms with van der Waals surface area (Å²) in [5.41, 5.74) is 2.81. The van der Waals surface area contributed by atoms with E-state index in [1.165, 1.54) is 30.1 Å². The second kappa shape index (κ2) is 13.5. The number of esters is 1. The van der Waals surface area contributed by atoms with Gasteiger partial charge in [-0.25, -0.2) is 9.79 Å². The molecule has 1 aliphatic rings. The van der Waals surface area contributed by atoms with Crippen LogP contribution in [0.4, 0.5) is 0 Å². The molecule has 4 aromatic rings. The predicted molar refractivity (Wildman–Crippen MR) is 171 cm³/mol. The molecule has 228 valence electrons. The molecule has 2 heterocycles. The van der Waals surface area contributed by atoms with Crippen LogP contribution in [0.15, 0.2) is 86.2 Å². The summed E-state index contributed by atoms with van der Waals surface area (Å²) >= 11 is 4.86. The molecule has 1 atom stereocenters. The van der Waals surface area contributed by atoms with Crippen LogP contribution in [0.25, 0.3) is 6.08 Å². The topological polar surface area (TPSA) is 97.6 Å². The molecule has 0 fully saturated rings. The molecule has 0 radical (unpaired) electrons. The van der Waals surface area contributed by atoms with E-state index in [1.54, 1.807) is 39.2 Å². The van der Waals surface area contributed by atoms with Gasteiger partial charge in [0.25, 0.3) is 5.56 Å². The second-order valence-electron chi connectivity index (χ2n) is 9.72. The van der Waals surface area contributed by atoms with E-state index in [-0.39, 0.29) is 17.7 Å². The largest absolute Gasteiger partial charge is 0.493 e. The standard InChI is InChI=1S/C33H31BrN2O7S/c1-6-42-32(38)29-19(2)35-33-36(30(29)22-16-26(40-4)27(41-5)17-23(22)34)31(37)28(44-33)15-21-12-13-24(25(14-21)39-3)43-18-20-10-8-7-9-11-20/h7-17,30H,6,18H2,1-5H3/b28-15-. The molecule has 9 nitrogen and oxygen atoms in total. The number of thiazole rings is 1. The van der Waals surface area contributed by atoms with Gasteiger partial charge in [-0.05, 0) is 60.9 Å². The van der Waals surface area contributed by atoms with Gasteiger partial charge in [0.15, 0.2) is 27.8 Å². The summed E-state index contributed by atoms with van der Waals surface area (Å²) in [7, 11) is 4.64. The minimum atomic E-state index is -0.829. The number of hydrogen-bond acceptors (Lipinski definition) is 9. The Labute approximate surface area is 266 Å². The second-order valence-corrected chi connectivity index (χ2v) is 11.6. The minimum absolute atomic E-state index is 0.173. The van der Waals surface area contributed by atoms with E-state index < -0.39 is 12.0 Å². The van der Waals surface area contributed by atoms with Crippen LogP contribution in [0, 0.1) is 0 Å². The maximum Gasteiger partial charge on any atom is 0.338 e. The number of hydrogen-bond donors (Lipinski definition) is 0. The Morgan fingerprint density at radius 2 is 1.66 bits per heavy atom. The summed E-state index contributed by atoms with van der Waals surface area (Å²) in [5.74, 6) is 1.52. The minimum Gasteiger partial charge on any atom is -0.493 e. The van der Waals surface area contributed by atoms with Crippen LogP contribution in [0.5, 0.6) is 23.0 Å². The van der Waals surface area contributed by atoms with Gasteiger partial charge in [-0.1, -0.05) is 63.7 Å². The van der Waals surface area contributed by atoms with E-state index in [4.69, 9.17) is 23.7 Å². The third-order valence-electron chi connectivity index (χ3n) is 7.04. The number of halogens is 1. The maximum absolute atomic E-state index is 14.1. The molecule has 0 amide bonds. The Morgan fingerprint density at radius 3 is 2.34 bits per heavy atom. The van der Waals surface area contributed by atoms with Crippen molar-refractivity contribution >= 4 is 39.3 Å². The Kier molecular flexibility index (Phi) is 9.55. The molecule has 5 rings (SSSR count). The van der Waals surface area contributed by atoms with E-state index in [1.807, 2.05) is 48.5 Å². The summed E-state index contributed by atoms with van der Waals surface area (Å²) in [6.45, 7) is 4.04. The molecule has 1 unspecified atom stereocenters. The van der Waals surface area contributed by atoms with E-state index in [9.17, 15) is 9.59 Å². The number of rotatable bonds is 10. The summed E-state index contributed by atoms with van der Waals surface area (Å²) in [6, 6.07) is 18.0. The van der Waals surface area contributed by atoms with Crippen molar-refractivity contribution in [2.45, 2.75) is 26.5 Å². The first-order valence-corrected chi connectivity index (χ1v) is 15.4. The van der Waals surface area contributed by atoms with Crippen molar-refractivity contribution in [1.29, 1.82) is 0 Å². The number of ether oxygens (including phenoxy) is 5. The summed E-state index contributed by atoms with van der Waals surface area (Å²) in [6.07, 6.45) is 1.78. The molecule has 0 aliphatic carbocycles. The monoisotopic (exact) mass is 678 g/mol. The smallest absolute Gasteiger partial charge is 0.338 e. The highest BCUT2D eigenvalue weighted by Crippen LogP contribution is 2.41. The molecule has 1 aromatic heterocycles. The Hall–Kier alpha value is -4.35. The molecule has 44 heavy (non-hydrogen) atoms. The quantitative estimate of drug-likeness (QED) is 0.214. The average Bonchev–Trinajstić information content (AvgIpc) is 3.33. The van der Waals surface area contributed by atoms with Gasteiger partial charge in [0.05, 0.1) is 49.8 Å². The highest BCUT2D eigenvalue weighted by molar-refractivity contribution is 9.10. The first-order chi connectivity index (χ1) is 21.3. The molecule has 0 saturated heterocycles. The lowest BCUT2D eigenvalue weighted by Crippen LogP contribution is -2.40. The number of carbonyl (C=O) groups excluding carboxylic acids is 1. The lowest BCUT2D eigenvalue weighted by atomic mass is 9.95.